The van der Waals surface area contributed by atoms with Gasteiger partial charge in [-0.15, -0.1) is 0 Å². The zero-order valence-electron chi connectivity index (χ0n) is 14.1. The molecule has 1 fully saturated rings. The molecule has 2 atom stereocenters. The van der Waals surface area contributed by atoms with Crippen molar-refractivity contribution in [2.75, 3.05) is 25.2 Å². The average Bonchev–Trinajstić information content (AvgIpc) is 3.05. The van der Waals surface area contributed by atoms with E-state index in [-0.39, 0.29) is 41.8 Å². The molecule has 0 bridgehead atoms. The van der Waals surface area contributed by atoms with Crippen molar-refractivity contribution in [3.63, 3.8) is 0 Å². The van der Waals surface area contributed by atoms with Gasteiger partial charge < -0.3 is 9.64 Å². The van der Waals surface area contributed by atoms with E-state index in [1.54, 1.807) is 19.2 Å². The van der Waals surface area contributed by atoms with Crippen LogP contribution >= 0.6 is 11.6 Å². The molecule has 3 rings (SSSR count). The van der Waals surface area contributed by atoms with E-state index in [0.717, 1.165) is 5.56 Å². The van der Waals surface area contributed by atoms with Crippen molar-refractivity contribution in [3.05, 3.63) is 28.3 Å². The summed E-state index contributed by atoms with van der Waals surface area (Å²) in [5, 5.41) is 0.528. The molecule has 6 nitrogen and oxygen atoms in total. The van der Waals surface area contributed by atoms with Crippen molar-refractivity contribution in [3.8, 4) is 5.75 Å². The van der Waals surface area contributed by atoms with E-state index in [2.05, 4.69) is 0 Å². The van der Waals surface area contributed by atoms with Gasteiger partial charge in [0.2, 0.25) is 0 Å². The van der Waals surface area contributed by atoms with Crippen LogP contribution in [0.5, 0.6) is 5.75 Å². The van der Waals surface area contributed by atoms with E-state index >= 15 is 0 Å². The lowest BCUT2D eigenvalue weighted by Crippen LogP contribution is -2.40. The van der Waals surface area contributed by atoms with Gasteiger partial charge in [-0.1, -0.05) is 18.5 Å². The van der Waals surface area contributed by atoms with Crippen LogP contribution in [0.25, 0.3) is 0 Å². The van der Waals surface area contributed by atoms with Crippen molar-refractivity contribution in [1.29, 1.82) is 0 Å². The fourth-order valence-corrected chi connectivity index (χ4v) is 5.59. The van der Waals surface area contributed by atoms with Gasteiger partial charge in [0.1, 0.15) is 5.75 Å². The third kappa shape index (κ3) is 3.53. The Kier molecular flexibility index (Phi) is 4.81. The van der Waals surface area contributed by atoms with Crippen molar-refractivity contribution in [2.24, 2.45) is 0 Å². The predicted octanol–water partition coefficient (Wildman–Crippen LogP) is 2.05. The molecule has 0 spiro atoms. The Morgan fingerprint density at radius 3 is 2.76 bits per heavy atom. The quantitative estimate of drug-likeness (QED) is 0.792. The van der Waals surface area contributed by atoms with Gasteiger partial charge in [-0.2, -0.15) is 0 Å². The molecule has 2 unspecified atom stereocenters. The summed E-state index contributed by atoms with van der Waals surface area (Å²) >= 11 is 6.19. The Hall–Kier alpha value is -1.60. The highest BCUT2D eigenvalue weighted by Crippen LogP contribution is 2.42. The standard InChI is InChI=1S/C17H20ClNO5S/c1-10-7-13(20)17-14(4-3-12(18)16(10)17)24-8-15(21)19(2)11-5-6-25(22,23)9-11/h3-4,10-11H,5-9H2,1-2H3. The Balaban J connectivity index is 1.70. The number of fused-ring (bicyclic) bond motifs is 1. The predicted molar refractivity (Wildman–Crippen MR) is 94.1 cm³/mol. The average molecular weight is 386 g/mol. The number of likely N-dealkylation sites (N-methyl/N-ethyl adjacent to an activating group) is 1. The maximum absolute atomic E-state index is 12.3. The molecule has 0 saturated carbocycles. The number of halogens is 1. The molecule has 1 aromatic rings. The normalized spacial score (nSPS) is 24.2. The summed E-state index contributed by atoms with van der Waals surface area (Å²) in [6.07, 6.45) is 0.820. The first-order valence-corrected chi connectivity index (χ1v) is 10.3. The van der Waals surface area contributed by atoms with Gasteiger partial charge in [-0.3, -0.25) is 9.59 Å². The SMILES string of the molecule is CC1CC(=O)c2c(OCC(=O)N(C)C3CCS(=O)(=O)C3)ccc(Cl)c21. The van der Waals surface area contributed by atoms with Crippen LogP contribution in [0.3, 0.4) is 0 Å². The molecule has 136 valence electrons. The molecule has 25 heavy (non-hydrogen) atoms. The number of ketones is 1. The van der Waals surface area contributed by atoms with Gasteiger partial charge in [-0.05, 0) is 30.0 Å². The fraction of sp³-hybridized carbons (Fsp3) is 0.529. The number of amides is 1. The monoisotopic (exact) mass is 385 g/mol. The second-order valence-corrected chi connectivity index (χ2v) is 9.35. The number of Topliss-reactive ketones (excluding diaryl/α,β-unsaturated/α-hetero) is 1. The summed E-state index contributed by atoms with van der Waals surface area (Å²) in [5.41, 5.74) is 1.23. The minimum Gasteiger partial charge on any atom is -0.483 e. The fourth-order valence-electron chi connectivity index (χ4n) is 3.47. The van der Waals surface area contributed by atoms with Crippen molar-refractivity contribution in [2.45, 2.75) is 31.7 Å². The molecule has 2 aliphatic rings. The number of hydrogen-bond acceptors (Lipinski definition) is 5. The van der Waals surface area contributed by atoms with Crippen molar-refractivity contribution >= 4 is 33.1 Å². The van der Waals surface area contributed by atoms with Crippen LogP contribution in [-0.4, -0.2) is 56.2 Å². The van der Waals surface area contributed by atoms with E-state index in [1.165, 1.54) is 4.90 Å². The maximum atomic E-state index is 12.3. The van der Waals surface area contributed by atoms with E-state index in [4.69, 9.17) is 16.3 Å². The zero-order chi connectivity index (χ0) is 18.4. The zero-order valence-corrected chi connectivity index (χ0v) is 15.7. The van der Waals surface area contributed by atoms with E-state index < -0.39 is 9.84 Å². The molecular formula is C17H20ClNO5S. The number of carbonyl (C=O) groups is 2. The van der Waals surface area contributed by atoms with Crippen molar-refractivity contribution in [1.82, 2.24) is 4.90 Å². The lowest BCUT2D eigenvalue weighted by molar-refractivity contribution is -0.133. The Morgan fingerprint density at radius 2 is 2.12 bits per heavy atom. The van der Waals surface area contributed by atoms with Gasteiger partial charge in [-0.25, -0.2) is 8.42 Å². The molecular weight excluding hydrogens is 366 g/mol. The highest BCUT2D eigenvalue weighted by Gasteiger charge is 2.34. The third-order valence-corrected chi connectivity index (χ3v) is 7.00. The molecule has 1 aliphatic heterocycles. The van der Waals surface area contributed by atoms with Gasteiger partial charge in [0.05, 0.1) is 17.1 Å². The largest absolute Gasteiger partial charge is 0.483 e. The molecule has 0 radical (unpaired) electrons. The Morgan fingerprint density at radius 1 is 1.40 bits per heavy atom. The summed E-state index contributed by atoms with van der Waals surface area (Å²) in [6, 6.07) is 2.95. The molecule has 0 aromatic heterocycles. The lowest BCUT2D eigenvalue weighted by atomic mass is 10.0. The smallest absolute Gasteiger partial charge is 0.260 e. The van der Waals surface area contributed by atoms with Crippen LogP contribution in [-0.2, 0) is 14.6 Å². The van der Waals surface area contributed by atoms with E-state index in [1.807, 2.05) is 6.92 Å². The summed E-state index contributed by atoms with van der Waals surface area (Å²) in [6.45, 7) is 1.68. The number of sulfone groups is 1. The highest BCUT2D eigenvalue weighted by atomic mass is 35.5. The van der Waals surface area contributed by atoms with Gasteiger partial charge in [0.25, 0.3) is 5.91 Å². The van der Waals surface area contributed by atoms with Gasteiger partial charge >= 0.3 is 0 Å². The summed E-state index contributed by atoms with van der Waals surface area (Å²) in [5.74, 6) is 0.122. The van der Waals surface area contributed by atoms with Crippen LogP contribution in [0.1, 0.15) is 41.6 Å². The first-order chi connectivity index (χ1) is 11.7. The minimum atomic E-state index is -3.06. The van der Waals surface area contributed by atoms with Crippen LogP contribution in [0.15, 0.2) is 12.1 Å². The molecule has 8 heteroatoms. The number of nitrogens with zero attached hydrogens (tertiary/aromatic N) is 1. The maximum Gasteiger partial charge on any atom is 0.260 e. The van der Waals surface area contributed by atoms with E-state index in [0.29, 0.717) is 29.2 Å². The highest BCUT2D eigenvalue weighted by molar-refractivity contribution is 7.91. The molecule has 1 saturated heterocycles. The number of benzene rings is 1. The first-order valence-electron chi connectivity index (χ1n) is 8.14. The Labute approximate surface area is 152 Å². The second kappa shape index (κ2) is 6.61. The van der Waals surface area contributed by atoms with Gasteiger partial charge in [0, 0.05) is 24.5 Å². The second-order valence-electron chi connectivity index (χ2n) is 6.71. The number of hydrogen-bond donors (Lipinski definition) is 0. The van der Waals surface area contributed by atoms with Crippen molar-refractivity contribution < 1.29 is 22.7 Å². The minimum absolute atomic E-state index is 0.0123. The van der Waals surface area contributed by atoms with Crippen LogP contribution in [0.2, 0.25) is 5.02 Å². The molecule has 1 amide bonds. The summed E-state index contributed by atoms with van der Waals surface area (Å²) < 4.78 is 28.7. The lowest BCUT2D eigenvalue weighted by Gasteiger charge is -2.23. The Bertz CT molecular complexity index is 836. The summed E-state index contributed by atoms with van der Waals surface area (Å²) in [4.78, 5) is 26.0. The van der Waals surface area contributed by atoms with Crippen LogP contribution in [0.4, 0.5) is 0 Å². The molecule has 1 heterocycles. The van der Waals surface area contributed by atoms with Crippen LogP contribution in [0, 0.1) is 0 Å². The number of ether oxygens (including phenoxy) is 1. The van der Waals surface area contributed by atoms with E-state index in [9.17, 15) is 18.0 Å². The molecule has 0 N–H and O–H groups in total. The third-order valence-electron chi connectivity index (χ3n) is 4.92. The number of rotatable bonds is 4. The number of carbonyl (C=O) groups excluding carboxylic acids is 2. The summed E-state index contributed by atoms with van der Waals surface area (Å²) in [7, 11) is -1.48. The van der Waals surface area contributed by atoms with Gasteiger partial charge in [0.15, 0.2) is 22.2 Å². The molecule has 1 aromatic carbocycles. The first kappa shape index (κ1) is 18.2. The van der Waals surface area contributed by atoms with Crippen LogP contribution < -0.4 is 4.74 Å². The topological polar surface area (TPSA) is 80.8 Å². The molecule has 1 aliphatic carbocycles.